The first-order chi connectivity index (χ1) is 7.27. The van der Waals surface area contributed by atoms with Crippen LogP contribution in [-0.2, 0) is 12.8 Å². The fraction of sp³-hybridized carbons (Fsp3) is 0.308. The summed E-state index contributed by atoms with van der Waals surface area (Å²) in [4.78, 5) is 11.7. The summed E-state index contributed by atoms with van der Waals surface area (Å²) >= 11 is 0. The van der Waals surface area contributed by atoms with Gasteiger partial charge in [-0.25, -0.2) is 4.79 Å². The van der Waals surface area contributed by atoms with Crippen molar-refractivity contribution in [2.75, 3.05) is 0 Å². The third-order valence-electron chi connectivity index (χ3n) is 2.67. The summed E-state index contributed by atoms with van der Waals surface area (Å²) in [6.07, 6.45) is 1.58. The highest BCUT2D eigenvalue weighted by Crippen LogP contribution is 2.20. The number of hydrogen-bond donors (Lipinski definition) is 0. The smallest absolute Gasteiger partial charge is 0.339 e. The Balaban J connectivity index is 2.91. The standard InChI is InChI=1S/C13H13O2/c1-3-9-10(4-2)13(14)15-12-8-6-5-7-11(9)12/h5,7-8H,3-4H2,1-2H3. The van der Waals surface area contributed by atoms with Crippen LogP contribution in [0.25, 0.3) is 11.0 Å². The van der Waals surface area contributed by atoms with E-state index in [4.69, 9.17) is 4.42 Å². The maximum absolute atomic E-state index is 11.7. The maximum atomic E-state index is 11.7. The van der Waals surface area contributed by atoms with Gasteiger partial charge in [-0.3, -0.25) is 0 Å². The molecule has 0 N–H and O–H groups in total. The SMILES string of the molecule is CCc1c(CC)c2cc[c]cc2oc1=O. The van der Waals surface area contributed by atoms with E-state index >= 15 is 0 Å². The molecule has 1 aromatic heterocycles. The third-order valence-corrected chi connectivity index (χ3v) is 2.67. The Morgan fingerprint density at radius 1 is 1.27 bits per heavy atom. The molecule has 2 heteroatoms. The molecule has 0 atom stereocenters. The number of rotatable bonds is 2. The van der Waals surface area contributed by atoms with Crippen LogP contribution in [0.4, 0.5) is 0 Å². The molecule has 1 aromatic carbocycles. The predicted octanol–water partition coefficient (Wildman–Crippen LogP) is 2.72. The highest BCUT2D eigenvalue weighted by molar-refractivity contribution is 5.81. The van der Waals surface area contributed by atoms with Crippen LogP contribution in [0.5, 0.6) is 0 Å². The largest absolute Gasteiger partial charge is 0.422 e. The highest BCUT2D eigenvalue weighted by Gasteiger charge is 2.10. The molecule has 0 aliphatic rings. The summed E-state index contributed by atoms with van der Waals surface area (Å²) in [5.74, 6) is 0. The van der Waals surface area contributed by atoms with Crippen molar-refractivity contribution in [2.45, 2.75) is 26.7 Å². The molecule has 15 heavy (non-hydrogen) atoms. The van der Waals surface area contributed by atoms with E-state index in [1.54, 1.807) is 6.07 Å². The average Bonchev–Trinajstić information content (AvgIpc) is 2.27. The summed E-state index contributed by atoms with van der Waals surface area (Å²) in [5.41, 5.74) is 2.34. The quantitative estimate of drug-likeness (QED) is 0.699. The molecule has 0 bridgehead atoms. The van der Waals surface area contributed by atoms with Crippen molar-refractivity contribution in [2.24, 2.45) is 0 Å². The van der Waals surface area contributed by atoms with Gasteiger partial charge in [0.1, 0.15) is 5.58 Å². The molecule has 0 unspecified atom stereocenters. The van der Waals surface area contributed by atoms with Gasteiger partial charge in [0.05, 0.1) is 0 Å². The van der Waals surface area contributed by atoms with Crippen molar-refractivity contribution in [1.29, 1.82) is 0 Å². The third kappa shape index (κ3) is 1.56. The van der Waals surface area contributed by atoms with Gasteiger partial charge in [0.2, 0.25) is 0 Å². The molecule has 0 amide bonds. The van der Waals surface area contributed by atoms with Gasteiger partial charge in [0.15, 0.2) is 0 Å². The number of hydrogen-bond acceptors (Lipinski definition) is 2. The Kier molecular flexibility index (Phi) is 2.58. The van der Waals surface area contributed by atoms with E-state index in [1.807, 2.05) is 19.1 Å². The van der Waals surface area contributed by atoms with E-state index in [1.165, 1.54) is 0 Å². The molecule has 77 valence electrons. The normalized spacial score (nSPS) is 10.8. The second-order valence-electron chi connectivity index (χ2n) is 3.48. The minimum atomic E-state index is -0.207. The first kappa shape index (κ1) is 9.97. The number of benzene rings is 1. The number of fused-ring (bicyclic) bond motifs is 1. The predicted molar refractivity (Wildman–Crippen MR) is 60.1 cm³/mol. The second-order valence-corrected chi connectivity index (χ2v) is 3.48. The van der Waals surface area contributed by atoms with Crippen LogP contribution in [-0.4, -0.2) is 0 Å². The maximum Gasteiger partial charge on any atom is 0.339 e. The van der Waals surface area contributed by atoms with Gasteiger partial charge in [-0.05, 0) is 30.5 Å². The van der Waals surface area contributed by atoms with Crippen molar-refractivity contribution in [1.82, 2.24) is 0 Å². The van der Waals surface area contributed by atoms with Crippen LogP contribution in [0, 0.1) is 6.07 Å². The zero-order valence-corrected chi connectivity index (χ0v) is 8.96. The van der Waals surface area contributed by atoms with Crippen molar-refractivity contribution in [3.63, 3.8) is 0 Å². The zero-order chi connectivity index (χ0) is 10.8. The first-order valence-corrected chi connectivity index (χ1v) is 5.22. The Bertz CT molecular complexity index is 538. The Morgan fingerprint density at radius 3 is 2.67 bits per heavy atom. The topological polar surface area (TPSA) is 30.2 Å². The molecule has 2 nitrogen and oxygen atoms in total. The van der Waals surface area contributed by atoms with Crippen molar-refractivity contribution in [3.8, 4) is 0 Å². The number of aryl methyl sites for hydroxylation is 1. The molecule has 2 rings (SSSR count). The summed E-state index contributed by atoms with van der Waals surface area (Å²) in [6.45, 7) is 4.04. The highest BCUT2D eigenvalue weighted by atomic mass is 16.4. The fourth-order valence-electron chi connectivity index (χ4n) is 1.96. The van der Waals surface area contributed by atoms with Gasteiger partial charge in [-0.1, -0.05) is 26.0 Å². The van der Waals surface area contributed by atoms with Crippen LogP contribution in [0.1, 0.15) is 25.0 Å². The monoisotopic (exact) mass is 201 g/mol. The van der Waals surface area contributed by atoms with Crippen LogP contribution in [0.15, 0.2) is 27.4 Å². The molecule has 0 aliphatic carbocycles. The molecule has 1 radical (unpaired) electrons. The van der Waals surface area contributed by atoms with Crippen molar-refractivity contribution in [3.05, 3.63) is 45.8 Å². The first-order valence-electron chi connectivity index (χ1n) is 5.22. The van der Waals surface area contributed by atoms with E-state index in [0.717, 1.165) is 29.4 Å². The van der Waals surface area contributed by atoms with Crippen LogP contribution in [0.3, 0.4) is 0 Å². The van der Waals surface area contributed by atoms with Crippen molar-refractivity contribution < 1.29 is 4.42 Å². The second kappa shape index (κ2) is 3.89. The molecular formula is C13H13O2. The minimum Gasteiger partial charge on any atom is -0.422 e. The van der Waals surface area contributed by atoms with Gasteiger partial charge in [0.25, 0.3) is 0 Å². The summed E-state index contributed by atoms with van der Waals surface area (Å²) in [5, 5.41) is 1.03. The van der Waals surface area contributed by atoms with Crippen LogP contribution in [0.2, 0.25) is 0 Å². The van der Waals surface area contributed by atoms with Gasteiger partial charge >= 0.3 is 5.63 Å². The molecule has 0 saturated heterocycles. The lowest BCUT2D eigenvalue weighted by Gasteiger charge is -2.07. The Hall–Kier alpha value is -1.57. The van der Waals surface area contributed by atoms with Gasteiger partial charge in [-0.2, -0.15) is 0 Å². The summed E-state index contributed by atoms with van der Waals surface area (Å²) in [7, 11) is 0. The van der Waals surface area contributed by atoms with Crippen LogP contribution < -0.4 is 5.63 Å². The lowest BCUT2D eigenvalue weighted by atomic mass is 10.0. The molecule has 0 aliphatic heterocycles. The zero-order valence-electron chi connectivity index (χ0n) is 8.96. The lowest BCUT2D eigenvalue weighted by molar-refractivity contribution is 0.548. The molecule has 0 spiro atoms. The lowest BCUT2D eigenvalue weighted by Crippen LogP contribution is -2.10. The summed E-state index contributed by atoms with van der Waals surface area (Å²) in [6, 6.07) is 8.44. The molecule has 0 fully saturated rings. The Labute approximate surface area is 88.5 Å². The van der Waals surface area contributed by atoms with E-state index in [-0.39, 0.29) is 5.63 Å². The Morgan fingerprint density at radius 2 is 2.00 bits per heavy atom. The van der Waals surface area contributed by atoms with E-state index in [0.29, 0.717) is 5.58 Å². The average molecular weight is 201 g/mol. The van der Waals surface area contributed by atoms with Gasteiger partial charge in [-0.15, -0.1) is 0 Å². The van der Waals surface area contributed by atoms with E-state index in [2.05, 4.69) is 13.0 Å². The van der Waals surface area contributed by atoms with Gasteiger partial charge in [0, 0.05) is 10.9 Å². The minimum absolute atomic E-state index is 0.207. The van der Waals surface area contributed by atoms with E-state index < -0.39 is 0 Å². The molecular weight excluding hydrogens is 188 g/mol. The molecule has 1 heterocycles. The van der Waals surface area contributed by atoms with Gasteiger partial charge < -0.3 is 4.42 Å². The molecule has 0 saturated carbocycles. The van der Waals surface area contributed by atoms with E-state index in [9.17, 15) is 4.79 Å². The van der Waals surface area contributed by atoms with Crippen molar-refractivity contribution >= 4 is 11.0 Å². The fourth-order valence-corrected chi connectivity index (χ4v) is 1.96. The molecule has 2 aromatic rings. The summed E-state index contributed by atoms with van der Waals surface area (Å²) < 4.78 is 5.24. The van der Waals surface area contributed by atoms with Crippen LogP contribution >= 0.6 is 0 Å².